The molecular formula is C22H26ClN5O2. The zero-order valence-corrected chi connectivity index (χ0v) is 17.6. The summed E-state index contributed by atoms with van der Waals surface area (Å²) in [6, 6.07) is 15.0. The van der Waals surface area contributed by atoms with Gasteiger partial charge in [0.05, 0.1) is 24.2 Å². The average molecular weight is 428 g/mol. The summed E-state index contributed by atoms with van der Waals surface area (Å²) >= 11 is 5.96. The Labute approximate surface area is 181 Å². The van der Waals surface area contributed by atoms with Gasteiger partial charge in [0.15, 0.2) is 0 Å². The number of hydrogen-bond donors (Lipinski definition) is 2. The molecule has 2 aromatic carbocycles. The maximum absolute atomic E-state index is 12.2. The first-order chi connectivity index (χ1) is 14.7. The van der Waals surface area contributed by atoms with Crippen molar-refractivity contribution in [2.75, 3.05) is 44.7 Å². The third kappa shape index (κ3) is 5.30. The van der Waals surface area contributed by atoms with Gasteiger partial charge in [-0.3, -0.25) is 4.90 Å². The number of morpholine rings is 1. The molecule has 0 atom stereocenters. The summed E-state index contributed by atoms with van der Waals surface area (Å²) in [5, 5.41) is 6.29. The summed E-state index contributed by atoms with van der Waals surface area (Å²) in [5.74, 6) is 0.979. The van der Waals surface area contributed by atoms with Crippen LogP contribution >= 0.6 is 11.6 Å². The largest absolute Gasteiger partial charge is 0.379 e. The Kier molecular flexibility index (Phi) is 6.84. The van der Waals surface area contributed by atoms with Gasteiger partial charge in [0, 0.05) is 49.9 Å². The van der Waals surface area contributed by atoms with E-state index in [1.54, 1.807) is 24.3 Å². The number of para-hydroxylation sites is 2. The first-order valence-electron chi connectivity index (χ1n) is 10.2. The highest BCUT2D eigenvalue weighted by Gasteiger charge is 2.14. The molecule has 4 rings (SSSR count). The minimum atomic E-state index is -0.256. The number of ether oxygens (including phenoxy) is 1. The highest BCUT2D eigenvalue weighted by Crippen LogP contribution is 2.17. The van der Waals surface area contributed by atoms with Crippen molar-refractivity contribution in [2.45, 2.75) is 13.0 Å². The molecule has 1 aliphatic rings. The van der Waals surface area contributed by atoms with Gasteiger partial charge in [-0.2, -0.15) is 0 Å². The third-order valence-electron chi connectivity index (χ3n) is 5.19. The molecule has 2 heterocycles. The molecule has 30 heavy (non-hydrogen) atoms. The number of halogens is 1. The molecule has 1 saturated heterocycles. The van der Waals surface area contributed by atoms with E-state index in [1.807, 2.05) is 18.2 Å². The van der Waals surface area contributed by atoms with Crippen molar-refractivity contribution in [3.63, 3.8) is 0 Å². The number of carbonyl (C=O) groups is 1. The van der Waals surface area contributed by atoms with Gasteiger partial charge in [-0.15, -0.1) is 0 Å². The molecular weight excluding hydrogens is 402 g/mol. The summed E-state index contributed by atoms with van der Waals surface area (Å²) in [6.07, 6.45) is 0.654. The summed E-state index contributed by atoms with van der Waals surface area (Å²) in [5.41, 5.74) is 2.78. The average Bonchev–Trinajstić information content (AvgIpc) is 3.10. The molecule has 1 aromatic heterocycles. The number of aromatic nitrogens is 2. The monoisotopic (exact) mass is 427 g/mol. The van der Waals surface area contributed by atoms with E-state index in [0.717, 1.165) is 56.3 Å². The number of urea groups is 1. The fourth-order valence-electron chi connectivity index (χ4n) is 3.66. The molecule has 0 bridgehead atoms. The number of rotatable bonds is 7. The van der Waals surface area contributed by atoms with E-state index in [2.05, 4.69) is 26.2 Å². The maximum Gasteiger partial charge on any atom is 0.319 e. The second kappa shape index (κ2) is 9.93. The standard InChI is InChI=1S/C22H26ClN5O2/c23-17-4-3-5-18(16-17)25-22(29)24-9-8-21-26-19-6-1-2-7-20(19)28(21)11-10-27-12-14-30-15-13-27/h1-7,16H,8-15H2,(H2,24,25,29). The molecule has 1 aliphatic heterocycles. The van der Waals surface area contributed by atoms with Crippen LogP contribution in [-0.4, -0.2) is 59.9 Å². The molecule has 3 aromatic rings. The number of nitrogens with one attached hydrogen (secondary N) is 2. The van der Waals surface area contributed by atoms with Crippen molar-refractivity contribution >= 4 is 34.4 Å². The van der Waals surface area contributed by atoms with Crippen LogP contribution in [0.25, 0.3) is 11.0 Å². The van der Waals surface area contributed by atoms with Gasteiger partial charge in [0.2, 0.25) is 0 Å². The Morgan fingerprint density at radius 2 is 1.93 bits per heavy atom. The second-order valence-corrected chi connectivity index (χ2v) is 7.70. The van der Waals surface area contributed by atoms with Gasteiger partial charge in [-0.1, -0.05) is 29.8 Å². The van der Waals surface area contributed by atoms with Crippen molar-refractivity contribution < 1.29 is 9.53 Å². The van der Waals surface area contributed by atoms with Crippen molar-refractivity contribution in [2.24, 2.45) is 0 Å². The zero-order valence-electron chi connectivity index (χ0n) is 16.8. The molecule has 0 saturated carbocycles. The molecule has 0 spiro atoms. The molecule has 158 valence electrons. The van der Waals surface area contributed by atoms with Gasteiger partial charge in [0.25, 0.3) is 0 Å². The van der Waals surface area contributed by atoms with Gasteiger partial charge in [0.1, 0.15) is 5.82 Å². The number of amides is 2. The summed E-state index contributed by atoms with van der Waals surface area (Å²) < 4.78 is 7.71. The van der Waals surface area contributed by atoms with E-state index in [4.69, 9.17) is 21.3 Å². The number of imidazole rings is 1. The van der Waals surface area contributed by atoms with Crippen molar-refractivity contribution in [1.82, 2.24) is 19.8 Å². The van der Waals surface area contributed by atoms with Crippen LogP contribution < -0.4 is 10.6 Å². The quantitative estimate of drug-likeness (QED) is 0.606. The van der Waals surface area contributed by atoms with Crippen LogP contribution in [0.4, 0.5) is 10.5 Å². The SMILES string of the molecule is O=C(NCCc1nc2ccccc2n1CCN1CCOCC1)Nc1cccc(Cl)c1. The lowest BCUT2D eigenvalue weighted by atomic mass is 10.3. The number of nitrogens with zero attached hydrogens (tertiary/aromatic N) is 3. The number of anilines is 1. The number of hydrogen-bond acceptors (Lipinski definition) is 4. The minimum absolute atomic E-state index is 0.256. The number of benzene rings is 2. The predicted molar refractivity (Wildman–Crippen MR) is 119 cm³/mol. The van der Waals surface area contributed by atoms with E-state index in [0.29, 0.717) is 23.7 Å². The van der Waals surface area contributed by atoms with E-state index < -0.39 is 0 Å². The number of carbonyl (C=O) groups excluding carboxylic acids is 1. The maximum atomic E-state index is 12.2. The van der Waals surface area contributed by atoms with Crippen LogP contribution in [-0.2, 0) is 17.7 Å². The number of fused-ring (bicyclic) bond motifs is 1. The Hall–Kier alpha value is -2.61. The summed E-state index contributed by atoms with van der Waals surface area (Å²) in [4.78, 5) is 19.4. The van der Waals surface area contributed by atoms with Gasteiger partial charge < -0.3 is 19.9 Å². The van der Waals surface area contributed by atoms with Gasteiger partial charge in [-0.05, 0) is 30.3 Å². The third-order valence-corrected chi connectivity index (χ3v) is 5.43. The summed E-state index contributed by atoms with van der Waals surface area (Å²) in [6.45, 7) is 5.84. The molecule has 2 N–H and O–H groups in total. The first-order valence-corrected chi connectivity index (χ1v) is 10.6. The van der Waals surface area contributed by atoms with Crippen molar-refractivity contribution in [3.05, 3.63) is 59.4 Å². The summed E-state index contributed by atoms with van der Waals surface area (Å²) in [7, 11) is 0. The van der Waals surface area contributed by atoms with E-state index >= 15 is 0 Å². The minimum Gasteiger partial charge on any atom is -0.379 e. The van der Waals surface area contributed by atoms with Gasteiger partial charge >= 0.3 is 6.03 Å². The Bertz CT molecular complexity index is 1000. The van der Waals surface area contributed by atoms with Crippen LogP contribution in [0.15, 0.2) is 48.5 Å². The molecule has 0 aliphatic carbocycles. The Morgan fingerprint density at radius 1 is 1.10 bits per heavy atom. The normalized spacial score (nSPS) is 14.7. The second-order valence-electron chi connectivity index (χ2n) is 7.26. The first kappa shape index (κ1) is 20.7. The lowest BCUT2D eigenvalue weighted by molar-refractivity contribution is 0.0364. The zero-order chi connectivity index (χ0) is 20.8. The Balaban J connectivity index is 1.37. The van der Waals surface area contributed by atoms with E-state index in [1.165, 1.54) is 0 Å². The molecule has 2 amide bonds. The van der Waals surface area contributed by atoms with Crippen LogP contribution in [0.2, 0.25) is 5.02 Å². The van der Waals surface area contributed by atoms with Crippen molar-refractivity contribution in [1.29, 1.82) is 0 Å². The fraction of sp³-hybridized carbons (Fsp3) is 0.364. The van der Waals surface area contributed by atoms with Crippen LogP contribution in [0, 0.1) is 0 Å². The molecule has 0 radical (unpaired) electrons. The molecule has 8 heteroatoms. The highest BCUT2D eigenvalue weighted by atomic mass is 35.5. The van der Waals surface area contributed by atoms with Crippen molar-refractivity contribution in [3.8, 4) is 0 Å². The van der Waals surface area contributed by atoms with E-state index in [-0.39, 0.29) is 6.03 Å². The van der Waals surface area contributed by atoms with Gasteiger partial charge in [-0.25, -0.2) is 9.78 Å². The van der Waals surface area contributed by atoms with Crippen LogP contribution in [0.3, 0.4) is 0 Å². The van der Waals surface area contributed by atoms with E-state index in [9.17, 15) is 4.79 Å². The molecule has 0 unspecified atom stereocenters. The smallest absolute Gasteiger partial charge is 0.319 e. The molecule has 7 nitrogen and oxygen atoms in total. The van der Waals surface area contributed by atoms with Crippen LogP contribution in [0.5, 0.6) is 0 Å². The molecule has 1 fully saturated rings. The Morgan fingerprint density at radius 3 is 2.77 bits per heavy atom. The lowest BCUT2D eigenvalue weighted by Crippen LogP contribution is -2.38. The predicted octanol–water partition coefficient (Wildman–Crippen LogP) is 3.39. The highest BCUT2D eigenvalue weighted by molar-refractivity contribution is 6.30. The van der Waals surface area contributed by atoms with Crippen LogP contribution in [0.1, 0.15) is 5.82 Å². The fourth-order valence-corrected chi connectivity index (χ4v) is 3.85. The topological polar surface area (TPSA) is 71.4 Å². The lowest BCUT2D eigenvalue weighted by Gasteiger charge is -2.27.